The lowest BCUT2D eigenvalue weighted by molar-refractivity contribution is 0.506. The summed E-state index contributed by atoms with van der Waals surface area (Å²) in [6.07, 6.45) is 0.728. The predicted octanol–water partition coefficient (Wildman–Crippen LogP) is 4.46. The molecule has 32 heavy (non-hydrogen) atoms. The van der Waals surface area contributed by atoms with Crippen molar-refractivity contribution in [2.24, 2.45) is 0 Å². The number of hydrogen-bond acceptors (Lipinski definition) is 2. The number of rotatable bonds is 4. The van der Waals surface area contributed by atoms with Crippen LogP contribution in [0.1, 0.15) is 16.7 Å². The molecule has 0 bridgehead atoms. The highest BCUT2D eigenvalue weighted by Crippen LogP contribution is 2.12. The molecule has 0 aliphatic rings. The number of aromatic nitrogens is 2. The number of fused-ring (bicyclic) bond motifs is 1. The van der Waals surface area contributed by atoms with Gasteiger partial charge in [0.15, 0.2) is 11.6 Å². The smallest absolute Gasteiger partial charge is 0.307 e. The topological polar surface area (TPSA) is 54.9 Å². The maximum atomic E-state index is 13.4. The molecule has 1 N–H and O–H groups in total. The van der Waals surface area contributed by atoms with E-state index in [0.717, 1.165) is 22.3 Å². The maximum absolute atomic E-state index is 13.4. The van der Waals surface area contributed by atoms with Gasteiger partial charge in [0, 0.05) is 23.6 Å². The molecule has 0 spiro atoms. The van der Waals surface area contributed by atoms with Crippen molar-refractivity contribution in [2.45, 2.75) is 19.4 Å². The van der Waals surface area contributed by atoms with Gasteiger partial charge in [0.05, 0.1) is 10.9 Å². The number of aryl methyl sites for hydroxylation is 1. The van der Waals surface area contributed by atoms with E-state index < -0.39 is 22.9 Å². The number of nitrogens with zero attached hydrogens (tertiary/aromatic N) is 1. The fourth-order valence-corrected chi connectivity index (χ4v) is 3.44. The Morgan fingerprint density at radius 3 is 2.41 bits per heavy atom. The third-order valence-electron chi connectivity index (χ3n) is 5.03. The van der Waals surface area contributed by atoms with Gasteiger partial charge in [-0.2, -0.15) is 0 Å². The minimum absolute atomic E-state index is 0.0294. The molecule has 0 radical (unpaired) electrons. The van der Waals surface area contributed by atoms with E-state index in [1.165, 1.54) is 6.07 Å². The summed E-state index contributed by atoms with van der Waals surface area (Å²) in [5.41, 5.74) is 1.53. The zero-order valence-electron chi connectivity index (χ0n) is 16.8. The first-order chi connectivity index (χ1) is 15.4. The summed E-state index contributed by atoms with van der Waals surface area (Å²) < 4.78 is 27.6. The van der Waals surface area contributed by atoms with Crippen molar-refractivity contribution < 1.29 is 8.78 Å². The van der Waals surface area contributed by atoms with Gasteiger partial charge in [-0.3, -0.25) is 9.36 Å². The average molecular weight is 451 g/mol. The number of halogens is 3. The number of nitrogens with one attached hydrogen (secondary N) is 1. The van der Waals surface area contributed by atoms with Gasteiger partial charge in [0.1, 0.15) is 0 Å². The lowest BCUT2D eigenvalue weighted by Crippen LogP contribution is -2.35. The Bertz CT molecular complexity index is 1480. The lowest BCUT2D eigenvalue weighted by atomic mass is 10.1. The average Bonchev–Trinajstić information content (AvgIpc) is 2.78. The van der Waals surface area contributed by atoms with E-state index in [-0.39, 0.29) is 13.0 Å². The predicted molar refractivity (Wildman–Crippen MR) is 121 cm³/mol. The summed E-state index contributed by atoms with van der Waals surface area (Å²) in [4.78, 5) is 28.0. The molecule has 1 aromatic heterocycles. The number of H-pyrrole nitrogens is 1. The molecule has 4 rings (SSSR count). The molecule has 0 aliphatic heterocycles. The van der Waals surface area contributed by atoms with Gasteiger partial charge in [-0.05, 0) is 60.0 Å². The second-order valence-electron chi connectivity index (χ2n) is 7.25. The van der Waals surface area contributed by atoms with Gasteiger partial charge in [0.25, 0.3) is 5.56 Å². The van der Waals surface area contributed by atoms with Crippen molar-refractivity contribution in [1.82, 2.24) is 9.55 Å². The first-order valence-corrected chi connectivity index (χ1v) is 10.2. The standard InChI is InChI=1S/C25H17ClF2N2O2/c26-19-8-4-16(5-9-19)2-1-3-17-7-11-23-20(14-17)24(31)30(25(32)29-23)13-12-18-6-10-21(27)22(28)15-18/h4-11,14-15H,2,12-13H2,(H,29,32). The van der Waals surface area contributed by atoms with Crippen LogP contribution in [0.4, 0.5) is 8.78 Å². The molecular formula is C25H17ClF2N2O2. The zero-order chi connectivity index (χ0) is 22.7. The SMILES string of the molecule is O=c1[nH]c2ccc(C#CCc3ccc(Cl)cc3)cc2c(=O)n1CCc1ccc(F)c(F)c1. The van der Waals surface area contributed by atoms with Crippen LogP contribution in [0.5, 0.6) is 0 Å². The monoisotopic (exact) mass is 450 g/mol. The van der Waals surface area contributed by atoms with E-state index in [9.17, 15) is 18.4 Å². The largest absolute Gasteiger partial charge is 0.328 e. The number of aromatic amines is 1. The number of hydrogen-bond donors (Lipinski definition) is 1. The third kappa shape index (κ3) is 4.79. The van der Waals surface area contributed by atoms with Crippen molar-refractivity contribution in [2.75, 3.05) is 0 Å². The summed E-state index contributed by atoms with van der Waals surface area (Å²) in [5.74, 6) is 4.18. The van der Waals surface area contributed by atoms with Crippen LogP contribution in [0.25, 0.3) is 10.9 Å². The summed E-state index contributed by atoms with van der Waals surface area (Å²) in [7, 11) is 0. The molecule has 0 saturated heterocycles. The van der Waals surface area contributed by atoms with Gasteiger partial charge in [-0.25, -0.2) is 13.6 Å². The fraction of sp³-hybridized carbons (Fsp3) is 0.120. The molecule has 1 heterocycles. The quantitative estimate of drug-likeness (QED) is 0.467. The van der Waals surface area contributed by atoms with Gasteiger partial charge in [-0.1, -0.05) is 41.6 Å². The fourth-order valence-electron chi connectivity index (χ4n) is 3.32. The Hall–Kier alpha value is -3.69. The Kier molecular flexibility index (Phi) is 6.20. The van der Waals surface area contributed by atoms with Crippen molar-refractivity contribution in [3.05, 3.63) is 115 Å². The highest BCUT2D eigenvalue weighted by molar-refractivity contribution is 6.30. The number of benzene rings is 3. The molecule has 4 aromatic rings. The Morgan fingerprint density at radius 1 is 0.906 bits per heavy atom. The molecular weight excluding hydrogens is 434 g/mol. The molecule has 0 aliphatic carbocycles. The van der Waals surface area contributed by atoms with Gasteiger partial charge in [0.2, 0.25) is 0 Å². The van der Waals surface area contributed by atoms with Crippen molar-refractivity contribution in [3.8, 4) is 11.8 Å². The normalized spacial score (nSPS) is 10.7. The summed E-state index contributed by atoms with van der Waals surface area (Å²) in [5, 5.41) is 0.985. The minimum atomic E-state index is -0.968. The van der Waals surface area contributed by atoms with E-state index in [2.05, 4.69) is 16.8 Å². The van der Waals surface area contributed by atoms with Crippen LogP contribution in [0, 0.1) is 23.5 Å². The van der Waals surface area contributed by atoms with E-state index in [1.807, 2.05) is 12.1 Å². The van der Waals surface area contributed by atoms with Crippen molar-refractivity contribution in [1.29, 1.82) is 0 Å². The molecule has 0 unspecified atom stereocenters. The van der Waals surface area contributed by atoms with Gasteiger partial charge < -0.3 is 4.98 Å². The van der Waals surface area contributed by atoms with Gasteiger partial charge >= 0.3 is 5.69 Å². The van der Waals surface area contributed by atoms with Crippen LogP contribution in [0.2, 0.25) is 5.02 Å². The molecule has 7 heteroatoms. The first-order valence-electron chi connectivity index (χ1n) is 9.85. The molecule has 160 valence electrons. The lowest BCUT2D eigenvalue weighted by Gasteiger charge is -2.07. The molecule has 0 saturated carbocycles. The molecule has 4 nitrogen and oxygen atoms in total. The second-order valence-corrected chi connectivity index (χ2v) is 7.69. The highest BCUT2D eigenvalue weighted by Gasteiger charge is 2.09. The van der Waals surface area contributed by atoms with Crippen LogP contribution in [-0.4, -0.2) is 9.55 Å². The van der Waals surface area contributed by atoms with Gasteiger partial charge in [-0.15, -0.1) is 0 Å². The Morgan fingerprint density at radius 2 is 1.66 bits per heavy atom. The Balaban J connectivity index is 1.59. The maximum Gasteiger partial charge on any atom is 0.328 e. The van der Waals surface area contributed by atoms with E-state index in [0.29, 0.717) is 33.5 Å². The molecule has 3 aromatic carbocycles. The van der Waals surface area contributed by atoms with Crippen molar-refractivity contribution in [3.63, 3.8) is 0 Å². The summed E-state index contributed by atoms with van der Waals surface area (Å²) in [6, 6.07) is 15.9. The third-order valence-corrected chi connectivity index (χ3v) is 5.28. The first kappa shape index (κ1) is 21.5. The van der Waals surface area contributed by atoms with Crippen LogP contribution in [-0.2, 0) is 19.4 Å². The van der Waals surface area contributed by atoms with Crippen LogP contribution >= 0.6 is 11.6 Å². The van der Waals surface area contributed by atoms with Crippen molar-refractivity contribution >= 4 is 22.5 Å². The summed E-state index contributed by atoms with van der Waals surface area (Å²) >= 11 is 5.88. The van der Waals surface area contributed by atoms with E-state index >= 15 is 0 Å². The van der Waals surface area contributed by atoms with Crippen LogP contribution in [0.3, 0.4) is 0 Å². The Labute approximate surface area is 187 Å². The molecule has 0 fully saturated rings. The van der Waals surface area contributed by atoms with Crippen LogP contribution < -0.4 is 11.2 Å². The highest BCUT2D eigenvalue weighted by atomic mass is 35.5. The minimum Gasteiger partial charge on any atom is -0.307 e. The van der Waals surface area contributed by atoms with Crippen LogP contribution in [0.15, 0.2) is 70.3 Å². The molecule has 0 atom stereocenters. The molecule has 0 amide bonds. The van der Waals surface area contributed by atoms with E-state index in [4.69, 9.17) is 11.6 Å². The zero-order valence-corrected chi connectivity index (χ0v) is 17.5. The summed E-state index contributed by atoms with van der Waals surface area (Å²) in [6.45, 7) is 0.0294. The van der Waals surface area contributed by atoms with E-state index in [1.54, 1.807) is 30.3 Å². The second kappa shape index (κ2) is 9.21.